The summed E-state index contributed by atoms with van der Waals surface area (Å²) in [5.74, 6) is 5.87. The first-order valence-corrected chi connectivity index (χ1v) is 6.41. The van der Waals surface area contributed by atoms with Crippen molar-refractivity contribution in [2.45, 2.75) is 31.6 Å². The Balaban J connectivity index is 1.79. The second-order valence-corrected chi connectivity index (χ2v) is 4.98. The number of carbonyl (C=O) groups excluding carboxylic acids is 1. The number of likely N-dealkylation sites (N-methyl/N-ethyl adjacent to an activating group) is 1. The van der Waals surface area contributed by atoms with Gasteiger partial charge in [-0.3, -0.25) is 15.1 Å². The van der Waals surface area contributed by atoms with Crippen LogP contribution >= 0.6 is 0 Å². The average molecular weight is 267 g/mol. The lowest BCUT2D eigenvalue weighted by Gasteiger charge is -2.20. The van der Waals surface area contributed by atoms with Crippen LogP contribution in [0.25, 0.3) is 0 Å². The van der Waals surface area contributed by atoms with Crippen molar-refractivity contribution in [1.29, 1.82) is 0 Å². The van der Waals surface area contributed by atoms with E-state index in [1.54, 1.807) is 6.20 Å². The number of rotatable bonds is 5. The van der Waals surface area contributed by atoms with Crippen molar-refractivity contribution in [3.8, 4) is 0 Å². The van der Waals surface area contributed by atoms with Crippen LogP contribution in [0.5, 0.6) is 0 Å². The SMILES string of the molecule is CN(Cc1nccn1C)CC1CCC(C(=O)NN)O1. The summed E-state index contributed by atoms with van der Waals surface area (Å²) in [6.07, 6.45) is 4.99. The number of hydrazine groups is 1. The third-order valence-corrected chi connectivity index (χ3v) is 3.39. The summed E-state index contributed by atoms with van der Waals surface area (Å²) in [5.41, 5.74) is 2.13. The summed E-state index contributed by atoms with van der Waals surface area (Å²) in [6, 6.07) is 0. The molecule has 7 heteroatoms. The Morgan fingerprint density at radius 3 is 3.11 bits per heavy atom. The quantitative estimate of drug-likeness (QED) is 0.422. The highest BCUT2D eigenvalue weighted by molar-refractivity contribution is 5.80. The van der Waals surface area contributed by atoms with E-state index in [4.69, 9.17) is 10.6 Å². The summed E-state index contributed by atoms with van der Waals surface area (Å²) >= 11 is 0. The van der Waals surface area contributed by atoms with Gasteiger partial charge in [0, 0.05) is 26.0 Å². The van der Waals surface area contributed by atoms with Gasteiger partial charge in [-0.2, -0.15) is 0 Å². The van der Waals surface area contributed by atoms with Crippen LogP contribution in [0.15, 0.2) is 12.4 Å². The zero-order valence-electron chi connectivity index (χ0n) is 11.4. The number of aryl methyl sites for hydroxylation is 1. The molecule has 1 aromatic rings. The fourth-order valence-corrected chi connectivity index (χ4v) is 2.33. The molecule has 0 spiro atoms. The molecule has 1 aliphatic heterocycles. The standard InChI is InChI=1S/C12H21N5O2/c1-16(8-11-14-5-6-17(11)2)7-9-3-4-10(19-9)12(18)15-13/h5-6,9-10H,3-4,7-8,13H2,1-2H3,(H,15,18). The predicted molar refractivity (Wildman–Crippen MR) is 69.8 cm³/mol. The summed E-state index contributed by atoms with van der Waals surface area (Å²) in [7, 11) is 4.00. The van der Waals surface area contributed by atoms with Gasteiger partial charge < -0.3 is 9.30 Å². The van der Waals surface area contributed by atoms with Crippen molar-refractivity contribution in [3.05, 3.63) is 18.2 Å². The maximum absolute atomic E-state index is 11.4. The molecule has 1 aromatic heterocycles. The molecule has 1 fully saturated rings. The Labute approximate surface area is 112 Å². The van der Waals surface area contributed by atoms with Gasteiger partial charge in [0.1, 0.15) is 11.9 Å². The third kappa shape index (κ3) is 3.52. The van der Waals surface area contributed by atoms with E-state index in [1.807, 2.05) is 24.9 Å². The Bertz CT molecular complexity index is 434. The molecular formula is C12H21N5O2. The maximum Gasteiger partial charge on any atom is 0.263 e. The molecule has 0 saturated carbocycles. The van der Waals surface area contributed by atoms with E-state index in [0.717, 1.165) is 31.8 Å². The Morgan fingerprint density at radius 1 is 1.68 bits per heavy atom. The lowest BCUT2D eigenvalue weighted by atomic mass is 10.2. The van der Waals surface area contributed by atoms with E-state index in [2.05, 4.69) is 15.3 Å². The van der Waals surface area contributed by atoms with Crippen LogP contribution in [-0.2, 0) is 23.1 Å². The lowest BCUT2D eigenvalue weighted by Crippen LogP contribution is -2.39. The molecular weight excluding hydrogens is 246 g/mol. The van der Waals surface area contributed by atoms with E-state index >= 15 is 0 Å². The smallest absolute Gasteiger partial charge is 0.263 e. The second-order valence-electron chi connectivity index (χ2n) is 4.98. The number of hydrogen-bond donors (Lipinski definition) is 2. The van der Waals surface area contributed by atoms with Crippen LogP contribution in [0.4, 0.5) is 0 Å². The minimum Gasteiger partial charge on any atom is -0.364 e. The van der Waals surface area contributed by atoms with Gasteiger partial charge in [-0.1, -0.05) is 0 Å². The number of aromatic nitrogens is 2. The lowest BCUT2D eigenvalue weighted by molar-refractivity contribution is -0.132. The normalized spacial score (nSPS) is 22.9. The zero-order valence-corrected chi connectivity index (χ0v) is 11.4. The molecule has 0 aliphatic carbocycles. The summed E-state index contributed by atoms with van der Waals surface area (Å²) < 4.78 is 7.67. The van der Waals surface area contributed by atoms with Crippen LogP contribution in [0, 0.1) is 0 Å². The summed E-state index contributed by atoms with van der Waals surface area (Å²) in [6.45, 7) is 1.54. The van der Waals surface area contributed by atoms with E-state index in [1.165, 1.54) is 0 Å². The summed E-state index contributed by atoms with van der Waals surface area (Å²) in [4.78, 5) is 17.8. The average Bonchev–Trinajstić information content (AvgIpc) is 2.99. The maximum atomic E-state index is 11.4. The molecule has 0 bridgehead atoms. The van der Waals surface area contributed by atoms with E-state index in [-0.39, 0.29) is 12.0 Å². The van der Waals surface area contributed by atoms with E-state index in [9.17, 15) is 4.79 Å². The van der Waals surface area contributed by atoms with Crippen molar-refractivity contribution in [2.24, 2.45) is 12.9 Å². The molecule has 1 amide bonds. The highest BCUT2D eigenvalue weighted by Crippen LogP contribution is 2.20. The van der Waals surface area contributed by atoms with Gasteiger partial charge in [-0.15, -0.1) is 0 Å². The van der Waals surface area contributed by atoms with Crippen molar-refractivity contribution >= 4 is 5.91 Å². The molecule has 7 nitrogen and oxygen atoms in total. The van der Waals surface area contributed by atoms with Gasteiger partial charge in [-0.05, 0) is 19.9 Å². The van der Waals surface area contributed by atoms with Crippen molar-refractivity contribution < 1.29 is 9.53 Å². The van der Waals surface area contributed by atoms with Gasteiger partial charge in [0.25, 0.3) is 5.91 Å². The molecule has 1 saturated heterocycles. The third-order valence-electron chi connectivity index (χ3n) is 3.39. The van der Waals surface area contributed by atoms with Gasteiger partial charge in [-0.25, -0.2) is 10.8 Å². The Kier molecular flexibility index (Phi) is 4.52. The minimum absolute atomic E-state index is 0.0765. The van der Waals surface area contributed by atoms with Crippen LogP contribution in [0.2, 0.25) is 0 Å². The van der Waals surface area contributed by atoms with Crippen LogP contribution < -0.4 is 11.3 Å². The topological polar surface area (TPSA) is 85.4 Å². The number of ether oxygens (including phenoxy) is 1. The van der Waals surface area contributed by atoms with Crippen LogP contribution in [0.1, 0.15) is 18.7 Å². The number of nitrogens with zero attached hydrogens (tertiary/aromatic N) is 3. The van der Waals surface area contributed by atoms with Crippen molar-refractivity contribution in [3.63, 3.8) is 0 Å². The van der Waals surface area contributed by atoms with E-state index in [0.29, 0.717) is 0 Å². The minimum atomic E-state index is -0.406. The largest absolute Gasteiger partial charge is 0.364 e. The van der Waals surface area contributed by atoms with Crippen molar-refractivity contribution in [2.75, 3.05) is 13.6 Å². The first-order valence-electron chi connectivity index (χ1n) is 6.41. The van der Waals surface area contributed by atoms with Gasteiger partial charge in [0.05, 0.1) is 12.6 Å². The number of hydrogen-bond acceptors (Lipinski definition) is 5. The van der Waals surface area contributed by atoms with E-state index < -0.39 is 6.10 Å². The fraction of sp³-hybridized carbons (Fsp3) is 0.667. The predicted octanol–water partition coefficient (Wildman–Crippen LogP) is -0.611. The molecule has 1 aliphatic rings. The monoisotopic (exact) mass is 267 g/mol. The fourth-order valence-electron chi connectivity index (χ4n) is 2.33. The first-order chi connectivity index (χ1) is 9.10. The van der Waals surface area contributed by atoms with Gasteiger partial charge >= 0.3 is 0 Å². The Hall–Kier alpha value is -1.44. The molecule has 19 heavy (non-hydrogen) atoms. The number of nitrogens with one attached hydrogen (secondary N) is 1. The number of amides is 1. The molecule has 2 unspecified atom stereocenters. The molecule has 2 rings (SSSR count). The first kappa shape index (κ1) is 14.0. The summed E-state index contributed by atoms with van der Waals surface area (Å²) in [5, 5.41) is 0. The molecule has 3 N–H and O–H groups in total. The molecule has 2 heterocycles. The number of carbonyl (C=O) groups is 1. The highest BCUT2D eigenvalue weighted by Gasteiger charge is 2.30. The van der Waals surface area contributed by atoms with Crippen LogP contribution in [0.3, 0.4) is 0 Å². The Morgan fingerprint density at radius 2 is 2.47 bits per heavy atom. The molecule has 2 atom stereocenters. The zero-order chi connectivity index (χ0) is 13.8. The molecule has 106 valence electrons. The molecule has 0 aromatic carbocycles. The molecule has 0 radical (unpaired) electrons. The van der Waals surface area contributed by atoms with Crippen LogP contribution in [-0.4, -0.2) is 46.2 Å². The highest BCUT2D eigenvalue weighted by atomic mass is 16.5. The van der Waals surface area contributed by atoms with Gasteiger partial charge in [0.15, 0.2) is 0 Å². The second kappa shape index (κ2) is 6.14. The number of nitrogens with two attached hydrogens (primary N) is 1. The van der Waals surface area contributed by atoms with Crippen molar-refractivity contribution in [1.82, 2.24) is 19.9 Å². The van der Waals surface area contributed by atoms with Gasteiger partial charge in [0.2, 0.25) is 0 Å². The number of imidazole rings is 1.